The van der Waals surface area contributed by atoms with Crippen molar-refractivity contribution >= 4 is 23.6 Å². The molecule has 0 aliphatic carbocycles. The van der Waals surface area contributed by atoms with Crippen molar-refractivity contribution in [1.82, 2.24) is 25.6 Å². The van der Waals surface area contributed by atoms with Crippen LogP contribution >= 0.6 is 11.6 Å². The first-order valence-electron chi connectivity index (χ1n) is 9.22. The Hall–Kier alpha value is -2.61. The summed E-state index contributed by atoms with van der Waals surface area (Å²) in [4.78, 5) is 24.3. The summed E-state index contributed by atoms with van der Waals surface area (Å²) in [6.45, 7) is 8.12. The largest absolute Gasteiger partial charge is 0.450 e. The van der Waals surface area contributed by atoms with Crippen molar-refractivity contribution in [3.05, 3.63) is 40.7 Å². The van der Waals surface area contributed by atoms with Gasteiger partial charge in [-0.3, -0.25) is 4.79 Å². The number of hydrogen-bond acceptors (Lipinski definition) is 5. The van der Waals surface area contributed by atoms with E-state index >= 15 is 0 Å². The molecule has 152 valence electrons. The molecule has 0 fully saturated rings. The van der Waals surface area contributed by atoms with Crippen LogP contribution in [0.5, 0.6) is 0 Å². The summed E-state index contributed by atoms with van der Waals surface area (Å²) < 4.78 is 6.45. The summed E-state index contributed by atoms with van der Waals surface area (Å²) in [7, 11) is 0. The van der Waals surface area contributed by atoms with Gasteiger partial charge in [0.15, 0.2) is 5.69 Å². The monoisotopic (exact) mass is 407 g/mol. The zero-order valence-electron chi connectivity index (χ0n) is 16.5. The van der Waals surface area contributed by atoms with E-state index in [2.05, 4.69) is 20.9 Å². The minimum absolute atomic E-state index is 0.208. The van der Waals surface area contributed by atoms with E-state index in [1.165, 1.54) is 4.68 Å². The molecule has 9 heteroatoms. The highest BCUT2D eigenvalue weighted by Crippen LogP contribution is 2.21. The minimum Gasteiger partial charge on any atom is -0.450 e. The van der Waals surface area contributed by atoms with Crippen LogP contribution in [0.15, 0.2) is 24.3 Å². The van der Waals surface area contributed by atoms with Crippen LogP contribution in [0.1, 0.15) is 43.4 Å². The van der Waals surface area contributed by atoms with Crippen LogP contribution in [0, 0.1) is 12.8 Å². The van der Waals surface area contributed by atoms with Gasteiger partial charge in [-0.05, 0) is 38.3 Å². The summed E-state index contributed by atoms with van der Waals surface area (Å²) in [5.74, 6) is -0.0260. The second-order valence-electron chi connectivity index (χ2n) is 6.79. The Labute approximate surface area is 169 Å². The van der Waals surface area contributed by atoms with Gasteiger partial charge < -0.3 is 15.4 Å². The topological polar surface area (TPSA) is 98.1 Å². The van der Waals surface area contributed by atoms with E-state index < -0.39 is 6.09 Å². The number of para-hydroxylation sites is 1. The molecule has 2 aromatic rings. The molecule has 2 rings (SSSR count). The van der Waals surface area contributed by atoms with Crippen LogP contribution in [0.4, 0.5) is 4.79 Å². The van der Waals surface area contributed by atoms with Gasteiger partial charge in [-0.25, -0.2) is 9.48 Å². The summed E-state index contributed by atoms with van der Waals surface area (Å²) in [6.07, 6.45) is 0.202. The predicted molar refractivity (Wildman–Crippen MR) is 107 cm³/mol. The molecule has 0 aliphatic heterocycles. The number of nitrogens with one attached hydrogen (secondary N) is 2. The second kappa shape index (κ2) is 10.1. The van der Waals surface area contributed by atoms with Crippen LogP contribution in [-0.4, -0.2) is 46.2 Å². The molecule has 0 radical (unpaired) electrons. The molecule has 1 aromatic heterocycles. The van der Waals surface area contributed by atoms with Crippen LogP contribution in [-0.2, 0) is 4.74 Å². The second-order valence-corrected chi connectivity index (χ2v) is 7.20. The molecule has 1 unspecified atom stereocenters. The highest BCUT2D eigenvalue weighted by atomic mass is 35.5. The first kappa shape index (κ1) is 21.7. The van der Waals surface area contributed by atoms with Crippen molar-refractivity contribution in [1.29, 1.82) is 0 Å². The normalized spacial score (nSPS) is 11.9. The Morgan fingerprint density at radius 3 is 2.64 bits per heavy atom. The Morgan fingerprint density at radius 1 is 1.29 bits per heavy atom. The van der Waals surface area contributed by atoms with Gasteiger partial charge in [-0.1, -0.05) is 42.8 Å². The number of aromatic nitrogens is 3. The Bertz CT molecular complexity index is 822. The molecule has 0 spiro atoms. The number of carbonyl (C=O) groups excluding carboxylic acids is 2. The summed E-state index contributed by atoms with van der Waals surface area (Å²) in [6, 6.07) is 6.95. The zero-order valence-corrected chi connectivity index (χ0v) is 17.3. The van der Waals surface area contributed by atoms with Gasteiger partial charge in [-0.15, -0.1) is 5.10 Å². The zero-order chi connectivity index (χ0) is 20.7. The third-order valence-corrected chi connectivity index (χ3v) is 4.37. The van der Waals surface area contributed by atoms with E-state index in [1.807, 2.05) is 26.0 Å². The smallest absolute Gasteiger partial charge is 0.407 e. The Balaban J connectivity index is 2.07. The van der Waals surface area contributed by atoms with Crippen molar-refractivity contribution in [2.45, 2.75) is 40.2 Å². The number of benzene rings is 1. The number of alkyl carbamates (subject to hydrolysis) is 1. The van der Waals surface area contributed by atoms with Crippen LogP contribution in [0.3, 0.4) is 0 Å². The molecule has 28 heavy (non-hydrogen) atoms. The maximum atomic E-state index is 12.6. The summed E-state index contributed by atoms with van der Waals surface area (Å²) >= 11 is 6.20. The van der Waals surface area contributed by atoms with Crippen LogP contribution in [0.2, 0.25) is 5.02 Å². The maximum absolute atomic E-state index is 12.6. The Morgan fingerprint density at radius 2 is 2.00 bits per heavy atom. The summed E-state index contributed by atoms with van der Waals surface area (Å²) in [5, 5.41) is 14.1. The van der Waals surface area contributed by atoms with Crippen LogP contribution < -0.4 is 10.6 Å². The van der Waals surface area contributed by atoms with E-state index in [-0.39, 0.29) is 30.8 Å². The van der Waals surface area contributed by atoms with Crippen molar-refractivity contribution in [3.63, 3.8) is 0 Å². The lowest BCUT2D eigenvalue weighted by Crippen LogP contribution is -2.44. The fourth-order valence-corrected chi connectivity index (χ4v) is 3.01. The molecule has 0 saturated carbocycles. The number of rotatable bonds is 8. The molecule has 2 N–H and O–H groups in total. The highest BCUT2D eigenvalue weighted by Gasteiger charge is 2.21. The van der Waals surface area contributed by atoms with E-state index in [0.717, 1.165) is 0 Å². The van der Waals surface area contributed by atoms with E-state index in [0.29, 0.717) is 28.7 Å². The van der Waals surface area contributed by atoms with Crippen LogP contribution in [0.25, 0.3) is 5.69 Å². The lowest BCUT2D eigenvalue weighted by atomic mass is 10.0. The molecule has 1 heterocycles. The van der Waals surface area contributed by atoms with Gasteiger partial charge in [-0.2, -0.15) is 0 Å². The average Bonchev–Trinajstić information content (AvgIpc) is 3.01. The van der Waals surface area contributed by atoms with Gasteiger partial charge in [0, 0.05) is 12.6 Å². The van der Waals surface area contributed by atoms with E-state index in [9.17, 15) is 9.59 Å². The third-order valence-electron chi connectivity index (χ3n) is 4.05. The van der Waals surface area contributed by atoms with Crippen molar-refractivity contribution in [3.8, 4) is 5.69 Å². The molecule has 2 amide bonds. The minimum atomic E-state index is -0.497. The first-order chi connectivity index (χ1) is 13.3. The number of amides is 2. The first-order valence-corrected chi connectivity index (χ1v) is 9.59. The fraction of sp³-hybridized carbons (Fsp3) is 0.474. The molecule has 0 bridgehead atoms. The van der Waals surface area contributed by atoms with E-state index in [4.69, 9.17) is 16.3 Å². The van der Waals surface area contributed by atoms with E-state index in [1.54, 1.807) is 26.0 Å². The van der Waals surface area contributed by atoms with Gasteiger partial charge in [0.1, 0.15) is 0 Å². The molecule has 8 nitrogen and oxygen atoms in total. The average molecular weight is 408 g/mol. The summed E-state index contributed by atoms with van der Waals surface area (Å²) in [5.41, 5.74) is 1.43. The number of nitrogens with zero attached hydrogens (tertiary/aromatic N) is 3. The highest BCUT2D eigenvalue weighted by molar-refractivity contribution is 6.32. The standard InChI is InChI=1S/C19H26ClN5O3/c1-5-28-19(27)22-14(10-12(2)3)11-21-18(26)17-13(4)25(24-23-17)16-9-7-6-8-15(16)20/h6-9,12,14H,5,10-11H2,1-4H3,(H,21,26)(H,22,27). The number of carbonyl (C=O) groups is 2. The number of ether oxygens (including phenoxy) is 1. The van der Waals surface area contributed by atoms with Gasteiger partial charge in [0.05, 0.1) is 23.0 Å². The van der Waals surface area contributed by atoms with Gasteiger partial charge in [0.25, 0.3) is 5.91 Å². The molecule has 0 saturated heterocycles. The quantitative estimate of drug-likeness (QED) is 0.700. The predicted octanol–water partition coefficient (Wildman–Crippen LogP) is 3.12. The lowest BCUT2D eigenvalue weighted by molar-refractivity contribution is 0.0939. The van der Waals surface area contributed by atoms with Crippen molar-refractivity contribution in [2.75, 3.05) is 13.2 Å². The molecular weight excluding hydrogens is 382 g/mol. The number of halogens is 1. The Kier molecular flexibility index (Phi) is 7.80. The number of hydrogen-bond donors (Lipinski definition) is 2. The van der Waals surface area contributed by atoms with Crippen molar-refractivity contribution in [2.24, 2.45) is 5.92 Å². The molecular formula is C19H26ClN5O3. The van der Waals surface area contributed by atoms with Gasteiger partial charge in [0.2, 0.25) is 0 Å². The fourth-order valence-electron chi connectivity index (χ4n) is 2.79. The maximum Gasteiger partial charge on any atom is 0.407 e. The van der Waals surface area contributed by atoms with Gasteiger partial charge >= 0.3 is 6.09 Å². The third kappa shape index (κ3) is 5.69. The molecule has 1 atom stereocenters. The lowest BCUT2D eigenvalue weighted by Gasteiger charge is -2.20. The SMILES string of the molecule is CCOC(=O)NC(CNC(=O)c1nnn(-c2ccccc2Cl)c1C)CC(C)C. The van der Waals surface area contributed by atoms with Crippen molar-refractivity contribution < 1.29 is 14.3 Å². The molecule has 1 aromatic carbocycles. The molecule has 0 aliphatic rings.